The van der Waals surface area contributed by atoms with Crippen LogP contribution in [-0.4, -0.2) is 85.4 Å². The third-order valence-corrected chi connectivity index (χ3v) is 7.07. The molecule has 0 saturated carbocycles. The van der Waals surface area contributed by atoms with Gasteiger partial charge in [-0.1, -0.05) is 12.1 Å². The standard InChI is InChI=1S/C22H27F3N4O3/c23-22(24,25)19-2-1-8-29(19)16-5-3-14(4-6-16)15-10-28(11-15)21(31)27-9-7-18-17(12-27)26-20(30)13-32-18/h3-6,15,17-19H,1-2,7-13H2,(H,26,30)/t17-,18+,19?/m1/s1. The summed E-state index contributed by atoms with van der Waals surface area (Å²) in [6.45, 7) is 2.71. The third-order valence-electron chi connectivity index (χ3n) is 7.07. The van der Waals surface area contributed by atoms with Crippen molar-refractivity contribution < 1.29 is 27.5 Å². The van der Waals surface area contributed by atoms with Crippen molar-refractivity contribution in [1.82, 2.24) is 15.1 Å². The first-order valence-electron chi connectivity index (χ1n) is 11.2. The Hall–Kier alpha value is -2.49. The van der Waals surface area contributed by atoms with Crippen LogP contribution in [0.2, 0.25) is 0 Å². The van der Waals surface area contributed by atoms with Gasteiger partial charge in [0.05, 0.1) is 12.1 Å². The molecule has 4 heterocycles. The van der Waals surface area contributed by atoms with Gasteiger partial charge in [-0.15, -0.1) is 0 Å². The van der Waals surface area contributed by atoms with E-state index in [0.29, 0.717) is 51.3 Å². The number of hydrogen-bond acceptors (Lipinski definition) is 4. The van der Waals surface area contributed by atoms with Crippen LogP contribution in [-0.2, 0) is 9.53 Å². The van der Waals surface area contributed by atoms with Crippen LogP contribution >= 0.6 is 0 Å². The van der Waals surface area contributed by atoms with Gasteiger partial charge >= 0.3 is 12.2 Å². The molecule has 3 atom stereocenters. The number of hydrogen-bond donors (Lipinski definition) is 1. The Morgan fingerprint density at radius 1 is 1.03 bits per heavy atom. The highest BCUT2D eigenvalue weighted by atomic mass is 19.4. The number of fused-ring (bicyclic) bond motifs is 1. The maximum absolute atomic E-state index is 13.2. The van der Waals surface area contributed by atoms with E-state index < -0.39 is 12.2 Å². The maximum atomic E-state index is 13.2. The SMILES string of the molecule is O=C1CO[C@H]2CCN(C(=O)N3CC(c4ccc(N5CCCC5C(F)(F)F)cc4)C3)C[C@H]2N1. The minimum atomic E-state index is -4.22. The summed E-state index contributed by atoms with van der Waals surface area (Å²) in [4.78, 5) is 29.4. The van der Waals surface area contributed by atoms with Crippen molar-refractivity contribution in [2.45, 2.75) is 49.5 Å². The molecule has 32 heavy (non-hydrogen) atoms. The number of amides is 3. The van der Waals surface area contributed by atoms with Crippen molar-refractivity contribution in [2.75, 3.05) is 44.2 Å². The number of likely N-dealkylation sites (tertiary alicyclic amines) is 2. The average molecular weight is 452 g/mol. The van der Waals surface area contributed by atoms with Crippen molar-refractivity contribution in [1.29, 1.82) is 0 Å². The van der Waals surface area contributed by atoms with E-state index in [1.807, 2.05) is 12.1 Å². The molecule has 1 unspecified atom stereocenters. The lowest BCUT2D eigenvalue weighted by Gasteiger charge is -2.46. The number of alkyl halides is 3. The van der Waals surface area contributed by atoms with Crippen LogP contribution in [0.25, 0.3) is 0 Å². The first-order chi connectivity index (χ1) is 15.3. The van der Waals surface area contributed by atoms with Gasteiger partial charge in [0.1, 0.15) is 12.6 Å². The predicted molar refractivity (Wildman–Crippen MR) is 110 cm³/mol. The molecule has 4 saturated heterocycles. The molecule has 10 heteroatoms. The average Bonchev–Trinajstić information content (AvgIpc) is 3.23. The zero-order valence-corrected chi connectivity index (χ0v) is 17.7. The molecule has 4 fully saturated rings. The number of anilines is 1. The van der Waals surface area contributed by atoms with E-state index in [2.05, 4.69) is 5.32 Å². The van der Waals surface area contributed by atoms with Gasteiger partial charge in [-0.3, -0.25) is 4.79 Å². The Kier molecular flexibility index (Phi) is 5.43. The first kappa shape index (κ1) is 21.4. The Morgan fingerprint density at radius 3 is 2.50 bits per heavy atom. The molecule has 0 aliphatic carbocycles. The number of ether oxygens (including phenoxy) is 1. The van der Waals surface area contributed by atoms with Crippen LogP contribution in [0.1, 0.15) is 30.7 Å². The lowest BCUT2D eigenvalue weighted by molar-refractivity contribution is -0.146. The monoisotopic (exact) mass is 452 g/mol. The summed E-state index contributed by atoms with van der Waals surface area (Å²) in [6.07, 6.45) is -2.87. The van der Waals surface area contributed by atoms with Crippen molar-refractivity contribution in [3.8, 4) is 0 Å². The smallest absolute Gasteiger partial charge is 0.366 e. The largest absolute Gasteiger partial charge is 0.408 e. The Balaban J connectivity index is 1.15. The minimum Gasteiger partial charge on any atom is -0.366 e. The first-order valence-corrected chi connectivity index (χ1v) is 11.2. The molecule has 174 valence electrons. The normalized spacial score (nSPS) is 28.9. The van der Waals surface area contributed by atoms with Gasteiger partial charge < -0.3 is 24.8 Å². The van der Waals surface area contributed by atoms with E-state index >= 15 is 0 Å². The zero-order valence-electron chi connectivity index (χ0n) is 17.7. The Bertz CT molecular complexity index is 872. The molecule has 4 aliphatic rings. The fourth-order valence-corrected chi connectivity index (χ4v) is 5.27. The fourth-order valence-electron chi connectivity index (χ4n) is 5.27. The second-order valence-electron chi connectivity index (χ2n) is 9.13. The quantitative estimate of drug-likeness (QED) is 0.748. The van der Waals surface area contributed by atoms with Crippen LogP contribution in [0.3, 0.4) is 0 Å². The van der Waals surface area contributed by atoms with Crippen LogP contribution < -0.4 is 10.2 Å². The van der Waals surface area contributed by atoms with Crippen molar-refractivity contribution in [3.63, 3.8) is 0 Å². The number of carbonyl (C=O) groups is 2. The van der Waals surface area contributed by atoms with Crippen LogP contribution in [0.5, 0.6) is 0 Å². The predicted octanol–water partition coefficient (Wildman–Crippen LogP) is 2.33. The number of carbonyl (C=O) groups excluding carboxylic acids is 2. The second-order valence-corrected chi connectivity index (χ2v) is 9.13. The maximum Gasteiger partial charge on any atom is 0.408 e. The van der Waals surface area contributed by atoms with Crippen molar-refractivity contribution in [2.24, 2.45) is 0 Å². The molecule has 0 radical (unpaired) electrons. The van der Waals surface area contributed by atoms with E-state index in [1.165, 1.54) is 4.90 Å². The fraction of sp³-hybridized carbons (Fsp3) is 0.636. The van der Waals surface area contributed by atoms with Crippen LogP contribution in [0.4, 0.5) is 23.7 Å². The van der Waals surface area contributed by atoms with Crippen molar-refractivity contribution in [3.05, 3.63) is 29.8 Å². The number of benzene rings is 1. The number of morpholine rings is 1. The second kappa shape index (κ2) is 8.13. The highest BCUT2D eigenvalue weighted by Gasteiger charge is 2.46. The zero-order chi connectivity index (χ0) is 22.5. The van der Waals surface area contributed by atoms with Gasteiger partial charge in [0.2, 0.25) is 5.91 Å². The third kappa shape index (κ3) is 4.00. The van der Waals surface area contributed by atoms with Crippen molar-refractivity contribution >= 4 is 17.6 Å². The molecule has 1 N–H and O–H groups in total. The highest BCUT2D eigenvalue weighted by Crippen LogP contribution is 2.37. The molecular formula is C22H27F3N4O3. The summed E-state index contributed by atoms with van der Waals surface area (Å²) < 4.78 is 45.3. The highest BCUT2D eigenvalue weighted by molar-refractivity contribution is 5.79. The molecule has 5 rings (SSSR count). The summed E-state index contributed by atoms with van der Waals surface area (Å²) in [5.41, 5.74) is 1.63. The number of nitrogens with zero attached hydrogens (tertiary/aromatic N) is 3. The van der Waals surface area contributed by atoms with Gasteiger partial charge in [0, 0.05) is 44.3 Å². The van der Waals surface area contributed by atoms with Gasteiger partial charge in [-0.2, -0.15) is 13.2 Å². The lowest BCUT2D eigenvalue weighted by atomic mass is 9.91. The van der Waals surface area contributed by atoms with Gasteiger partial charge in [0.25, 0.3) is 0 Å². The summed E-state index contributed by atoms with van der Waals surface area (Å²) in [5.74, 6) is 0.0312. The Labute approximate surface area is 184 Å². The number of halogens is 3. The van der Waals surface area contributed by atoms with Crippen LogP contribution in [0.15, 0.2) is 24.3 Å². The molecule has 3 amide bonds. The summed E-state index contributed by atoms with van der Waals surface area (Å²) in [7, 11) is 0. The molecule has 1 aromatic rings. The summed E-state index contributed by atoms with van der Waals surface area (Å²) in [5, 5.41) is 2.90. The topological polar surface area (TPSA) is 65.1 Å². The van der Waals surface area contributed by atoms with E-state index in [1.54, 1.807) is 21.9 Å². The lowest BCUT2D eigenvalue weighted by Crippen LogP contribution is -2.63. The molecule has 1 aromatic carbocycles. The van der Waals surface area contributed by atoms with E-state index in [9.17, 15) is 22.8 Å². The number of nitrogens with one attached hydrogen (secondary N) is 1. The van der Waals surface area contributed by atoms with E-state index in [0.717, 1.165) is 5.56 Å². The number of piperidine rings is 1. The Morgan fingerprint density at radius 2 is 1.78 bits per heavy atom. The minimum absolute atomic E-state index is 0.0352. The van der Waals surface area contributed by atoms with Gasteiger partial charge in [-0.05, 0) is 37.0 Å². The summed E-state index contributed by atoms with van der Waals surface area (Å²) in [6, 6.07) is 5.68. The van der Waals surface area contributed by atoms with E-state index in [4.69, 9.17) is 4.74 Å². The van der Waals surface area contributed by atoms with E-state index in [-0.39, 0.29) is 43.0 Å². The molecule has 7 nitrogen and oxygen atoms in total. The molecule has 0 bridgehead atoms. The molecule has 4 aliphatic heterocycles. The molecule has 0 spiro atoms. The molecule has 0 aromatic heterocycles. The number of urea groups is 1. The molecular weight excluding hydrogens is 425 g/mol. The van der Waals surface area contributed by atoms with Crippen LogP contribution in [0, 0.1) is 0 Å². The number of rotatable bonds is 2. The van der Waals surface area contributed by atoms with Gasteiger partial charge in [0.15, 0.2) is 0 Å². The van der Waals surface area contributed by atoms with Gasteiger partial charge in [-0.25, -0.2) is 4.79 Å². The summed E-state index contributed by atoms with van der Waals surface area (Å²) >= 11 is 0.